The van der Waals surface area contributed by atoms with E-state index >= 15 is 0 Å². The maximum Gasteiger partial charge on any atom is 0.227 e. The van der Waals surface area contributed by atoms with Crippen LogP contribution in [0.25, 0.3) is 0 Å². The molecule has 1 fully saturated rings. The molecular weight excluding hydrogens is 424 g/mol. The van der Waals surface area contributed by atoms with Crippen molar-refractivity contribution in [3.63, 3.8) is 0 Å². The van der Waals surface area contributed by atoms with Gasteiger partial charge in [0.2, 0.25) is 5.91 Å². The molecule has 0 bridgehead atoms. The highest BCUT2D eigenvalue weighted by atomic mass is 16.5. The molecule has 5 rings (SSSR count). The van der Waals surface area contributed by atoms with Gasteiger partial charge in [-0.3, -0.25) is 14.5 Å². The zero-order valence-electron chi connectivity index (χ0n) is 20.1. The highest BCUT2D eigenvalue weighted by Gasteiger charge is 2.52. The number of carbonyl (C=O) groups is 2. The van der Waals surface area contributed by atoms with Crippen molar-refractivity contribution in [1.82, 2.24) is 10.2 Å². The summed E-state index contributed by atoms with van der Waals surface area (Å²) in [6, 6.07) is 19.0. The molecular formula is C29H34N2O3. The summed E-state index contributed by atoms with van der Waals surface area (Å²) in [7, 11) is 1.53. The van der Waals surface area contributed by atoms with Crippen LogP contribution in [0.2, 0.25) is 0 Å². The van der Waals surface area contributed by atoms with Gasteiger partial charge in [-0.05, 0) is 53.4 Å². The Morgan fingerprint density at radius 3 is 2.53 bits per heavy atom. The van der Waals surface area contributed by atoms with Crippen molar-refractivity contribution in [2.75, 3.05) is 20.2 Å². The third-order valence-electron chi connectivity index (χ3n) is 8.18. The largest absolute Gasteiger partial charge is 0.493 e. The van der Waals surface area contributed by atoms with Crippen molar-refractivity contribution in [1.29, 1.82) is 0 Å². The van der Waals surface area contributed by atoms with Crippen LogP contribution >= 0.6 is 0 Å². The average molecular weight is 459 g/mol. The van der Waals surface area contributed by atoms with Gasteiger partial charge in [0.25, 0.3) is 0 Å². The van der Waals surface area contributed by atoms with E-state index < -0.39 is 5.92 Å². The van der Waals surface area contributed by atoms with E-state index in [1.165, 1.54) is 23.8 Å². The Labute approximate surface area is 202 Å². The minimum atomic E-state index is -0.409. The molecule has 2 aromatic rings. The molecule has 3 atom stereocenters. The second kappa shape index (κ2) is 9.38. The van der Waals surface area contributed by atoms with E-state index in [1.54, 1.807) is 6.08 Å². The summed E-state index contributed by atoms with van der Waals surface area (Å²) in [5, 5.41) is 3.35. The molecule has 2 aromatic carbocycles. The number of nitrogens with zero attached hydrogens (tertiary/aromatic N) is 1. The zero-order valence-corrected chi connectivity index (χ0v) is 20.1. The Kier molecular flexibility index (Phi) is 6.30. The lowest BCUT2D eigenvalue weighted by Gasteiger charge is -2.38. The number of piperidine rings is 1. The number of benzene rings is 2. The van der Waals surface area contributed by atoms with E-state index in [9.17, 15) is 9.59 Å². The van der Waals surface area contributed by atoms with Crippen LogP contribution in [0.4, 0.5) is 0 Å². The first kappa shape index (κ1) is 22.9. The lowest BCUT2D eigenvalue weighted by molar-refractivity contribution is -0.128. The smallest absolute Gasteiger partial charge is 0.227 e. The minimum Gasteiger partial charge on any atom is -0.493 e. The molecule has 0 radical (unpaired) electrons. The van der Waals surface area contributed by atoms with Crippen LogP contribution in [0.1, 0.15) is 48.8 Å². The summed E-state index contributed by atoms with van der Waals surface area (Å²) in [5.41, 5.74) is 3.43. The van der Waals surface area contributed by atoms with Crippen molar-refractivity contribution < 1.29 is 14.3 Å². The second-order valence-corrected chi connectivity index (χ2v) is 10.3. The van der Waals surface area contributed by atoms with E-state index in [2.05, 4.69) is 53.5 Å². The summed E-state index contributed by atoms with van der Waals surface area (Å²) in [6.07, 6.45) is 4.85. The first-order valence-electron chi connectivity index (χ1n) is 12.4. The summed E-state index contributed by atoms with van der Waals surface area (Å²) in [5.74, 6) is -0.0610. The number of Topliss-reactive ketones (excluding diaryl/α,β-unsaturated/α-hetero) is 1. The number of likely N-dealkylation sites (tertiary alicyclic amines) is 1. The number of carbonyl (C=O) groups excluding carboxylic acids is 2. The van der Waals surface area contributed by atoms with Gasteiger partial charge in [-0.1, -0.05) is 61.5 Å². The fraction of sp³-hybridized carbons (Fsp3) is 0.448. The number of nitrogens with one attached hydrogen (secondary N) is 1. The standard InChI is InChI=1S/C29H34N2O3/c1-29-18-21-10-6-7-11-23(21)24(29)16-26(32)27(34-2)17-25(29)28(33)30-22-12-14-31(15-13-22)19-20-8-4-3-5-9-20/h3-11,17,22,24-25H,12-16,18-19H2,1-2H3,(H,30,33)/t24-,25+,29-/m0/s1. The van der Waals surface area contributed by atoms with Crippen molar-refractivity contribution in [2.24, 2.45) is 11.3 Å². The number of fused-ring (bicyclic) bond motifs is 3. The molecule has 0 aromatic heterocycles. The first-order chi connectivity index (χ1) is 16.5. The average Bonchev–Trinajstić information content (AvgIpc) is 3.07. The number of hydrogen-bond donors (Lipinski definition) is 1. The van der Waals surface area contributed by atoms with Crippen molar-refractivity contribution in [2.45, 2.75) is 51.1 Å². The Hall–Kier alpha value is -2.92. The Morgan fingerprint density at radius 2 is 1.79 bits per heavy atom. The van der Waals surface area contributed by atoms with E-state index in [1.807, 2.05) is 18.2 Å². The molecule has 178 valence electrons. The van der Waals surface area contributed by atoms with Gasteiger partial charge in [0, 0.05) is 32.1 Å². The molecule has 1 saturated heterocycles. The van der Waals surface area contributed by atoms with Gasteiger partial charge in [0.15, 0.2) is 11.5 Å². The SMILES string of the molecule is COC1=C[C@H](C(=O)NC2CCN(Cc3ccccc3)CC2)[C@@]2(C)Cc3ccccc3[C@@H]2CC1=O. The van der Waals surface area contributed by atoms with Gasteiger partial charge >= 0.3 is 0 Å². The second-order valence-electron chi connectivity index (χ2n) is 10.3. The van der Waals surface area contributed by atoms with Gasteiger partial charge in [-0.15, -0.1) is 0 Å². The van der Waals surface area contributed by atoms with Crippen LogP contribution in [0, 0.1) is 11.3 Å². The summed E-state index contributed by atoms with van der Waals surface area (Å²) < 4.78 is 5.45. The topological polar surface area (TPSA) is 58.6 Å². The molecule has 34 heavy (non-hydrogen) atoms. The minimum absolute atomic E-state index is 0.0139. The molecule has 0 saturated carbocycles. The molecule has 3 aliphatic rings. The van der Waals surface area contributed by atoms with Gasteiger partial charge < -0.3 is 10.1 Å². The highest BCUT2D eigenvalue weighted by molar-refractivity contribution is 5.96. The normalized spacial score (nSPS) is 27.4. The van der Waals surface area contributed by atoms with Crippen molar-refractivity contribution in [3.8, 4) is 0 Å². The Morgan fingerprint density at radius 1 is 1.09 bits per heavy atom. The third kappa shape index (κ3) is 4.29. The number of rotatable bonds is 5. The van der Waals surface area contributed by atoms with Crippen LogP contribution in [-0.2, 0) is 27.3 Å². The third-order valence-corrected chi connectivity index (χ3v) is 8.18. The number of allylic oxidation sites excluding steroid dienone is 1. The van der Waals surface area contributed by atoms with E-state index in [-0.39, 0.29) is 29.1 Å². The maximum absolute atomic E-state index is 13.7. The molecule has 1 aliphatic heterocycles. The number of ketones is 1. The predicted octanol–water partition coefficient (Wildman–Crippen LogP) is 4.23. The van der Waals surface area contributed by atoms with Gasteiger partial charge in [-0.2, -0.15) is 0 Å². The predicted molar refractivity (Wildman–Crippen MR) is 132 cm³/mol. The number of hydrogen-bond acceptors (Lipinski definition) is 4. The fourth-order valence-electron chi connectivity index (χ4n) is 6.24. The molecule has 5 heteroatoms. The molecule has 1 heterocycles. The maximum atomic E-state index is 13.7. The summed E-state index contributed by atoms with van der Waals surface area (Å²) in [4.78, 5) is 29.1. The quantitative estimate of drug-likeness (QED) is 0.728. The van der Waals surface area contributed by atoms with Crippen LogP contribution in [0.5, 0.6) is 0 Å². The monoisotopic (exact) mass is 458 g/mol. The number of methoxy groups -OCH3 is 1. The van der Waals surface area contributed by atoms with Gasteiger partial charge in [-0.25, -0.2) is 0 Å². The van der Waals surface area contributed by atoms with Crippen molar-refractivity contribution >= 4 is 11.7 Å². The van der Waals surface area contributed by atoms with Crippen molar-refractivity contribution in [3.05, 3.63) is 83.1 Å². The van der Waals surface area contributed by atoms with E-state index in [0.29, 0.717) is 12.2 Å². The molecule has 5 nitrogen and oxygen atoms in total. The molecule has 0 spiro atoms. The van der Waals surface area contributed by atoms with E-state index in [4.69, 9.17) is 4.74 Å². The van der Waals surface area contributed by atoms with Crippen LogP contribution in [-0.4, -0.2) is 42.8 Å². The number of amides is 1. The first-order valence-corrected chi connectivity index (χ1v) is 12.4. The van der Waals surface area contributed by atoms with Crippen LogP contribution in [0.3, 0.4) is 0 Å². The lowest BCUT2D eigenvalue weighted by atomic mass is 9.67. The molecule has 1 amide bonds. The van der Waals surface area contributed by atoms with Gasteiger partial charge in [0.05, 0.1) is 13.0 Å². The fourth-order valence-corrected chi connectivity index (χ4v) is 6.24. The summed E-state index contributed by atoms with van der Waals surface area (Å²) >= 11 is 0. The molecule has 0 unspecified atom stereocenters. The van der Waals surface area contributed by atoms with E-state index in [0.717, 1.165) is 38.9 Å². The van der Waals surface area contributed by atoms with Crippen LogP contribution < -0.4 is 5.32 Å². The molecule has 2 aliphatic carbocycles. The Balaban J connectivity index is 1.30. The zero-order chi connectivity index (χ0) is 23.7. The van der Waals surface area contributed by atoms with Gasteiger partial charge in [0.1, 0.15) is 0 Å². The molecule has 1 N–H and O–H groups in total. The summed E-state index contributed by atoms with van der Waals surface area (Å²) in [6.45, 7) is 5.05. The Bertz CT molecular complexity index is 1090. The van der Waals surface area contributed by atoms with Crippen LogP contribution in [0.15, 0.2) is 66.4 Å². The number of ether oxygens (including phenoxy) is 1. The lowest BCUT2D eigenvalue weighted by Crippen LogP contribution is -2.49. The highest BCUT2D eigenvalue weighted by Crippen LogP contribution is 2.55.